The molecule has 0 amide bonds. The van der Waals surface area contributed by atoms with Crippen LogP contribution in [-0.4, -0.2) is 30.0 Å². The molecule has 1 unspecified atom stereocenters. The van der Waals surface area contributed by atoms with Crippen LogP contribution in [0.2, 0.25) is 0 Å². The lowest BCUT2D eigenvalue weighted by atomic mass is 10.1. The average Bonchev–Trinajstić information content (AvgIpc) is 2.09. The van der Waals surface area contributed by atoms with Gasteiger partial charge in [-0.15, -0.1) is 0 Å². The highest BCUT2D eigenvalue weighted by atomic mass is 16.5. The third kappa shape index (κ3) is 3.44. The van der Waals surface area contributed by atoms with Gasteiger partial charge in [-0.1, -0.05) is 12.1 Å². The standard InChI is InChI=1S/C10H14O3/c1-13-7-10(12)6-8-2-4-9(11)5-3-8/h2-5,10-12H,6-7H2,1H3. The lowest BCUT2D eigenvalue weighted by Crippen LogP contribution is -2.16. The summed E-state index contributed by atoms with van der Waals surface area (Å²) in [5.41, 5.74) is 0.988. The van der Waals surface area contributed by atoms with E-state index >= 15 is 0 Å². The fourth-order valence-corrected chi connectivity index (χ4v) is 1.16. The van der Waals surface area contributed by atoms with Crippen molar-refractivity contribution in [2.45, 2.75) is 12.5 Å². The summed E-state index contributed by atoms with van der Waals surface area (Å²) in [5.74, 6) is 0.241. The summed E-state index contributed by atoms with van der Waals surface area (Å²) in [7, 11) is 1.56. The first-order chi connectivity index (χ1) is 6.22. The number of aliphatic hydroxyl groups is 1. The molecule has 3 heteroatoms. The number of phenolic OH excluding ortho intramolecular Hbond substituents is 1. The highest BCUT2D eigenvalue weighted by Crippen LogP contribution is 2.11. The third-order valence-corrected chi connectivity index (χ3v) is 1.77. The van der Waals surface area contributed by atoms with E-state index in [0.717, 1.165) is 5.56 Å². The molecule has 72 valence electrons. The Morgan fingerprint density at radius 1 is 1.31 bits per heavy atom. The van der Waals surface area contributed by atoms with Crippen molar-refractivity contribution in [3.05, 3.63) is 29.8 Å². The molecule has 0 aliphatic rings. The molecule has 1 aromatic carbocycles. The number of aromatic hydroxyl groups is 1. The number of aliphatic hydroxyl groups excluding tert-OH is 1. The lowest BCUT2D eigenvalue weighted by Gasteiger charge is -2.08. The summed E-state index contributed by atoms with van der Waals surface area (Å²) in [6, 6.07) is 6.78. The van der Waals surface area contributed by atoms with Gasteiger partial charge in [0.1, 0.15) is 5.75 Å². The number of methoxy groups -OCH3 is 1. The fraction of sp³-hybridized carbons (Fsp3) is 0.400. The van der Waals surface area contributed by atoms with Gasteiger partial charge in [-0.05, 0) is 17.7 Å². The molecular formula is C10H14O3. The molecular weight excluding hydrogens is 168 g/mol. The van der Waals surface area contributed by atoms with Crippen LogP contribution in [0.4, 0.5) is 0 Å². The molecule has 13 heavy (non-hydrogen) atoms. The van der Waals surface area contributed by atoms with Crippen LogP contribution < -0.4 is 0 Å². The zero-order valence-corrected chi connectivity index (χ0v) is 7.60. The Hall–Kier alpha value is -1.06. The zero-order chi connectivity index (χ0) is 9.68. The Labute approximate surface area is 77.6 Å². The van der Waals surface area contributed by atoms with Gasteiger partial charge in [0, 0.05) is 13.5 Å². The number of hydrogen-bond donors (Lipinski definition) is 2. The van der Waals surface area contributed by atoms with Crippen LogP contribution in [0.3, 0.4) is 0 Å². The van der Waals surface area contributed by atoms with Crippen molar-refractivity contribution < 1.29 is 14.9 Å². The summed E-state index contributed by atoms with van der Waals surface area (Å²) >= 11 is 0. The third-order valence-electron chi connectivity index (χ3n) is 1.77. The molecule has 1 rings (SSSR count). The van der Waals surface area contributed by atoms with Crippen molar-refractivity contribution in [2.75, 3.05) is 13.7 Å². The summed E-state index contributed by atoms with van der Waals surface area (Å²) in [4.78, 5) is 0. The Morgan fingerprint density at radius 2 is 1.92 bits per heavy atom. The molecule has 2 N–H and O–H groups in total. The fourth-order valence-electron chi connectivity index (χ4n) is 1.16. The van der Waals surface area contributed by atoms with Crippen molar-refractivity contribution >= 4 is 0 Å². The quantitative estimate of drug-likeness (QED) is 0.728. The van der Waals surface area contributed by atoms with E-state index in [9.17, 15) is 5.11 Å². The van der Waals surface area contributed by atoms with Crippen molar-refractivity contribution in [1.29, 1.82) is 0 Å². The molecule has 3 nitrogen and oxygen atoms in total. The number of hydrogen-bond acceptors (Lipinski definition) is 3. The van der Waals surface area contributed by atoms with Crippen LogP contribution in [0.1, 0.15) is 5.56 Å². The predicted molar refractivity (Wildman–Crippen MR) is 49.7 cm³/mol. The van der Waals surface area contributed by atoms with Crippen molar-refractivity contribution in [1.82, 2.24) is 0 Å². The number of ether oxygens (including phenoxy) is 1. The monoisotopic (exact) mass is 182 g/mol. The van der Waals surface area contributed by atoms with E-state index in [1.807, 2.05) is 0 Å². The summed E-state index contributed by atoms with van der Waals surface area (Å²) in [6.45, 7) is 0.334. The molecule has 0 fully saturated rings. The topological polar surface area (TPSA) is 49.7 Å². The molecule has 0 radical (unpaired) electrons. The number of benzene rings is 1. The van der Waals surface area contributed by atoms with Crippen LogP contribution in [0.5, 0.6) is 5.75 Å². The first-order valence-corrected chi connectivity index (χ1v) is 4.17. The van der Waals surface area contributed by atoms with Gasteiger partial charge in [0.2, 0.25) is 0 Å². The molecule has 0 aromatic heterocycles. The normalized spacial score (nSPS) is 12.8. The molecule has 0 saturated carbocycles. The van der Waals surface area contributed by atoms with Gasteiger partial charge in [-0.25, -0.2) is 0 Å². The van der Waals surface area contributed by atoms with E-state index in [1.165, 1.54) is 0 Å². The van der Waals surface area contributed by atoms with Crippen LogP contribution >= 0.6 is 0 Å². The molecule has 0 saturated heterocycles. The molecule has 0 aliphatic carbocycles. The van der Waals surface area contributed by atoms with Gasteiger partial charge in [-0.3, -0.25) is 0 Å². The molecule has 1 aromatic rings. The van der Waals surface area contributed by atoms with Crippen LogP contribution in [0.15, 0.2) is 24.3 Å². The van der Waals surface area contributed by atoms with E-state index in [-0.39, 0.29) is 5.75 Å². The summed E-state index contributed by atoms with van der Waals surface area (Å²) in [5, 5.41) is 18.4. The van der Waals surface area contributed by atoms with Gasteiger partial charge in [0.15, 0.2) is 0 Å². The van der Waals surface area contributed by atoms with Crippen molar-refractivity contribution in [3.63, 3.8) is 0 Å². The van der Waals surface area contributed by atoms with Crippen LogP contribution in [0, 0.1) is 0 Å². The lowest BCUT2D eigenvalue weighted by molar-refractivity contribution is 0.0650. The van der Waals surface area contributed by atoms with Crippen molar-refractivity contribution in [3.8, 4) is 5.75 Å². The molecule has 0 aliphatic heterocycles. The Morgan fingerprint density at radius 3 is 2.46 bits per heavy atom. The first-order valence-electron chi connectivity index (χ1n) is 4.17. The second kappa shape index (κ2) is 4.84. The highest BCUT2D eigenvalue weighted by molar-refractivity contribution is 5.26. The van der Waals surface area contributed by atoms with E-state index in [1.54, 1.807) is 31.4 Å². The number of phenols is 1. The van der Waals surface area contributed by atoms with E-state index in [0.29, 0.717) is 13.0 Å². The molecule has 1 atom stereocenters. The van der Waals surface area contributed by atoms with E-state index in [4.69, 9.17) is 9.84 Å². The average molecular weight is 182 g/mol. The summed E-state index contributed by atoms with van der Waals surface area (Å²) in [6.07, 6.45) is 0.0724. The zero-order valence-electron chi connectivity index (χ0n) is 7.60. The minimum Gasteiger partial charge on any atom is -0.508 e. The van der Waals surface area contributed by atoms with E-state index in [2.05, 4.69) is 0 Å². The molecule has 0 bridgehead atoms. The largest absolute Gasteiger partial charge is 0.508 e. The Bertz CT molecular complexity index is 243. The maximum Gasteiger partial charge on any atom is 0.115 e. The first kappa shape index (κ1) is 10.0. The van der Waals surface area contributed by atoms with Gasteiger partial charge < -0.3 is 14.9 Å². The maximum absolute atomic E-state index is 9.38. The summed E-state index contributed by atoms with van der Waals surface area (Å²) < 4.78 is 4.80. The Balaban J connectivity index is 2.49. The second-order valence-electron chi connectivity index (χ2n) is 2.98. The smallest absolute Gasteiger partial charge is 0.115 e. The van der Waals surface area contributed by atoms with Gasteiger partial charge in [-0.2, -0.15) is 0 Å². The Kier molecular flexibility index (Phi) is 3.73. The minimum atomic E-state index is -0.477. The van der Waals surface area contributed by atoms with Gasteiger partial charge in [0.05, 0.1) is 12.7 Å². The van der Waals surface area contributed by atoms with Crippen LogP contribution in [-0.2, 0) is 11.2 Å². The minimum absolute atomic E-state index is 0.241. The van der Waals surface area contributed by atoms with Crippen LogP contribution in [0.25, 0.3) is 0 Å². The highest BCUT2D eigenvalue weighted by Gasteiger charge is 2.04. The number of rotatable bonds is 4. The van der Waals surface area contributed by atoms with E-state index < -0.39 is 6.10 Å². The van der Waals surface area contributed by atoms with Gasteiger partial charge in [0.25, 0.3) is 0 Å². The van der Waals surface area contributed by atoms with Gasteiger partial charge >= 0.3 is 0 Å². The predicted octanol–water partition coefficient (Wildman–Crippen LogP) is 0.942. The van der Waals surface area contributed by atoms with Crippen molar-refractivity contribution in [2.24, 2.45) is 0 Å². The second-order valence-corrected chi connectivity index (χ2v) is 2.98. The SMILES string of the molecule is COCC(O)Cc1ccc(O)cc1. The molecule has 0 spiro atoms. The maximum atomic E-state index is 9.38. The molecule has 0 heterocycles.